The maximum absolute atomic E-state index is 11.1. The minimum absolute atomic E-state index is 0. The summed E-state index contributed by atoms with van der Waals surface area (Å²) in [4.78, 5) is 26.4. The molecule has 120 valence electrons. The number of carbonyl (C=O) groups is 2. The Balaban J connectivity index is -0.00000144. The summed E-state index contributed by atoms with van der Waals surface area (Å²) in [5.74, 6) is -0.899. The van der Waals surface area contributed by atoms with Gasteiger partial charge in [-0.1, -0.05) is 0 Å². The highest BCUT2D eigenvalue weighted by atomic mass is 35.5. The largest absolute Gasteiger partial charge is 0.480 e. The Morgan fingerprint density at radius 3 is 2.35 bits per heavy atom. The van der Waals surface area contributed by atoms with Crippen LogP contribution >= 0.6 is 36.6 Å². The molecule has 0 unspecified atom stereocenters. The average Bonchev–Trinajstić information content (AvgIpc) is 2.31. The number of nitrogens with one attached hydrogen (secondary N) is 1. The number of amidine groups is 1. The van der Waals surface area contributed by atoms with Gasteiger partial charge in [0, 0.05) is 0 Å². The third-order valence-corrected chi connectivity index (χ3v) is 2.58. The molecule has 4 N–H and O–H groups in total. The van der Waals surface area contributed by atoms with Crippen LogP contribution in [0.15, 0.2) is 0 Å². The molecule has 0 saturated carbocycles. The Morgan fingerprint density at radius 2 is 1.95 bits per heavy atom. The lowest BCUT2D eigenvalue weighted by Crippen LogP contribution is -2.32. The summed E-state index contributed by atoms with van der Waals surface area (Å²) in [6.07, 6.45) is 3.13. The van der Waals surface area contributed by atoms with Crippen LogP contribution in [0.1, 0.15) is 26.2 Å². The van der Waals surface area contributed by atoms with E-state index in [9.17, 15) is 9.59 Å². The zero-order valence-electron chi connectivity index (χ0n) is 11.3. The zero-order valence-corrected chi connectivity index (χ0v) is 13.8. The second-order valence-corrected chi connectivity index (χ2v) is 4.42. The molecule has 0 saturated heterocycles. The van der Waals surface area contributed by atoms with Crippen molar-refractivity contribution in [2.75, 3.05) is 12.8 Å². The predicted molar refractivity (Wildman–Crippen MR) is 84.1 cm³/mol. The summed E-state index contributed by atoms with van der Waals surface area (Å²) in [5, 5.41) is 16.7. The number of nitrogens with two attached hydrogens (primary N) is 1. The van der Waals surface area contributed by atoms with Gasteiger partial charge in [0.25, 0.3) is 0 Å². The Labute approximate surface area is 134 Å². The topological polar surface area (TPSA) is 117 Å². The van der Waals surface area contributed by atoms with Crippen LogP contribution in [0.2, 0.25) is 0 Å². The lowest BCUT2D eigenvalue weighted by atomic mass is 10.1. The molecule has 0 aromatic rings. The Kier molecular flexibility index (Phi) is 16.2. The van der Waals surface area contributed by atoms with E-state index in [4.69, 9.17) is 21.1 Å². The molecule has 0 aliphatic carbocycles. The van der Waals surface area contributed by atoms with E-state index in [1.165, 1.54) is 12.0 Å². The van der Waals surface area contributed by atoms with Gasteiger partial charge in [-0.15, -0.1) is 24.8 Å². The lowest BCUT2D eigenvalue weighted by Gasteiger charge is -2.20. The minimum atomic E-state index is -1.02. The van der Waals surface area contributed by atoms with Crippen LogP contribution in [0.5, 0.6) is 0 Å². The van der Waals surface area contributed by atoms with Crippen molar-refractivity contribution < 1.29 is 19.5 Å². The normalized spacial score (nSPS) is 10.6. The van der Waals surface area contributed by atoms with Gasteiger partial charge in [0.15, 0.2) is 0 Å². The standard InChI is InChI=1S/C10H19N3O4S.2ClH/c1-7(11)13(17-10(16)18-2)6-4-3-5-8(12)9(14)15;;/h8,11H,3-6,12H2,1-2H3,(H,14,15);2*1H/t8-;;/m0../s1. The van der Waals surface area contributed by atoms with Gasteiger partial charge in [-0.05, 0) is 44.2 Å². The summed E-state index contributed by atoms with van der Waals surface area (Å²) < 4.78 is 0. The first kappa shape index (κ1) is 24.3. The second kappa shape index (κ2) is 13.3. The second-order valence-electron chi connectivity index (χ2n) is 3.67. The van der Waals surface area contributed by atoms with Crippen LogP contribution in [0.3, 0.4) is 0 Å². The maximum Gasteiger partial charge on any atom is 0.391 e. The number of carbonyl (C=O) groups excluding carboxylic acids is 1. The number of rotatable bonds is 6. The van der Waals surface area contributed by atoms with Crippen molar-refractivity contribution in [3.05, 3.63) is 0 Å². The van der Waals surface area contributed by atoms with E-state index in [-0.39, 0.29) is 30.6 Å². The van der Waals surface area contributed by atoms with E-state index in [0.29, 0.717) is 25.8 Å². The van der Waals surface area contributed by atoms with Gasteiger partial charge in [0.2, 0.25) is 0 Å². The SMILES string of the molecule is CSC(=O)ON(CCCC[C@H](N)C(=O)O)C(C)=N.Cl.Cl. The van der Waals surface area contributed by atoms with Crippen molar-refractivity contribution >= 4 is 53.7 Å². The summed E-state index contributed by atoms with van der Waals surface area (Å²) in [6.45, 7) is 1.87. The van der Waals surface area contributed by atoms with E-state index >= 15 is 0 Å². The smallest absolute Gasteiger partial charge is 0.391 e. The molecule has 0 radical (unpaired) electrons. The van der Waals surface area contributed by atoms with Crippen molar-refractivity contribution in [2.24, 2.45) is 5.73 Å². The van der Waals surface area contributed by atoms with E-state index < -0.39 is 17.3 Å². The molecule has 0 aromatic heterocycles. The van der Waals surface area contributed by atoms with Gasteiger partial charge in [-0.2, -0.15) is 5.06 Å². The van der Waals surface area contributed by atoms with E-state index in [0.717, 1.165) is 11.8 Å². The zero-order chi connectivity index (χ0) is 14.1. The number of carboxylic acid groups (broad SMARTS) is 1. The predicted octanol–water partition coefficient (Wildman–Crippen LogP) is 2.13. The van der Waals surface area contributed by atoms with Crippen LogP contribution in [-0.4, -0.2) is 46.1 Å². The molecule has 7 nitrogen and oxygen atoms in total. The van der Waals surface area contributed by atoms with Crippen molar-refractivity contribution in [3.63, 3.8) is 0 Å². The van der Waals surface area contributed by atoms with Crippen molar-refractivity contribution in [2.45, 2.75) is 32.2 Å². The van der Waals surface area contributed by atoms with Crippen LogP contribution < -0.4 is 5.73 Å². The number of halogens is 2. The summed E-state index contributed by atoms with van der Waals surface area (Å²) in [7, 11) is 0. The van der Waals surface area contributed by atoms with Crippen molar-refractivity contribution in [1.29, 1.82) is 5.41 Å². The van der Waals surface area contributed by atoms with Crippen molar-refractivity contribution in [3.8, 4) is 0 Å². The fourth-order valence-corrected chi connectivity index (χ4v) is 1.32. The number of hydrogen-bond acceptors (Lipinski definition) is 6. The minimum Gasteiger partial charge on any atom is -0.480 e. The highest BCUT2D eigenvalue weighted by Gasteiger charge is 2.13. The van der Waals surface area contributed by atoms with Crippen molar-refractivity contribution in [1.82, 2.24) is 5.06 Å². The molecule has 0 aromatic carbocycles. The quantitative estimate of drug-likeness (QED) is 0.291. The Bertz CT molecular complexity index is 321. The summed E-state index contributed by atoms with van der Waals surface area (Å²) >= 11 is 0.921. The van der Waals surface area contributed by atoms with Crippen LogP contribution in [0.4, 0.5) is 4.79 Å². The first-order valence-electron chi connectivity index (χ1n) is 5.45. The third-order valence-electron chi connectivity index (χ3n) is 2.17. The van der Waals surface area contributed by atoms with E-state index in [1.807, 2.05) is 0 Å². The molecular formula is C10H21Cl2N3O4S. The molecule has 20 heavy (non-hydrogen) atoms. The molecule has 0 heterocycles. The fourth-order valence-electron chi connectivity index (χ4n) is 1.15. The number of nitrogens with zero attached hydrogens (tertiary/aromatic N) is 1. The van der Waals surface area contributed by atoms with E-state index in [2.05, 4.69) is 0 Å². The molecular weight excluding hydrogens is 329 g/mol. The van der Waals surface area contributed by atoms with Gasteiger partial charge < -0.3 is 15.7 Å². The molecule has 0 bridgehead atoms. The number of unbranched alkanes of at least 4 members (excludes halogenated alkanes) is 1. The molecule has 0 amide bonds. The van der Waals surface area contributed by atoms with Gasteiger partial charge in [0.05, 0.1) is 6.54 Å². The molecule has 0 rings (SSSR count). The molecule has 0 fully saturated rings. The molecule has 0 aliphatic rings. The Morgan fingerprint density at radius 1 is 1.40 bits per heavy atom. The summed E-state index contributed by atoms with van der Waals surface area (Å²) in [5.41, 5.74) is 5.35. The first-order chi connectivity index (χ1) is 8.38. The number of hydroxylamine groups is 2. The van der Waals surface area contributed by atoms with Gasteiger partial charge in [-0.25, -0.2) is 4.79 Å². The van der Waals surface area contributed by atoms with Crippen LogP contribution in [0, 0.1) is 5.41 Å². The van der Waals surface area contributed by atoms with E-state index in [1.54, 1.807) is 6.26 Å². The number of aliphatic carboxylic acids is 1. The number of thioether (sulfide) groups is 1. The average molecular weight is 350 g/mol. The number of carboxylic acids is 1. The maximum atomic E-state index is 11.1. The highest BCUT2D eigenvalue weighted by molar-refractivity contribution is 8.12. The van der Waals surface area contributed by atoms with Gasteiger partial charge in [0.1, 0.15) is 11.9 Å². The highest BCUT2D eigenvalue weighted by Crippen LogP contribution is 2.07. The van der Waals surface area contributed by atoms with Crippen LogP contribution in [0.25, 0.3) is 0 Å². The molecule has 1 atom stereocenters. The molecule has 0 spiro atoms. The summed E-state index contributed by atoms with van der Waals surface area (Å²) in [6, 6.07) is -0.867. The third kappa shape index (κ3) is 11.2. The number of hydrogen-bond donors (Lipinski definition) is 3. The fraction of sp³-hybridized carbons (Fsp3) is 0.700. The van der Waals surface area contributed by atoms with Crippen LogP contribution in [-0.2, 0) is 9.63 Å². The molecule has 10 heteroatoms. The monoisotopic (exact) mass is 349 g/mol. The van der Waals surface area contributed by atoms with Gasteiger partial charge >= 0.3 is 11.3 Å². The van der Waals surface area contributed by atoms with Gasteiger partial charge in [-0.3, -0.25) is 10.2 Å². The first-order valence-corrected chi connectivity index (χ1v) is 6.68. The Hall–Kier alpha value is -0.700. The molecule has 0 aliphatic heterocycles. The lowest BCUT2D eigenvalue weighted by molar-refractivity contribution is -0.138.